The van der Waals surface area contributed by atoms with Crippen LogP contribution in [0, 0.1) is 27.7 Å². The molecule has 12 N–H and O–H groups in total. The zero-order chi connectivity index (χ0) is 109. The van der Waals surface area contributed by atoms with Crippen molar-refractivity contribution >= 4 is 81.6 Å². The zero-order valence-electron chi connectivity index (χ0n) is 90.1. The number of amides is 4. The van der Waals surface area contributed by atoms with Crippen molar-refractivity contribution in [3.8, 4) is 28.7 Å². The molecule has 34 heteroatoms. The van der Waals surface area contributed by atoms with Crippen LogP contribution in [0.2, 0.25) is 0 Å². The van der Waals surface area contributed by atoms with Gasteiger partial charge in [0.1, 0.15) is 40.5 Å². The number of carbonyl (C=O) groups excluding carboxylic acids is 6. The summed E-state index contributed by atoms with van der Waals surface area (Å²) in [4.78, 5) is 84.0. The number of rotatable bonds is 61. The number of ether oxygens (including phenoxy) is 10. The molecule has 1 fully saturated rings. The van der Waals surface area contributed by atoms with Crippen LogP contribution in [-0.4, -0.2) is 265 Å². The molecule has 1 saturated heterocycles. The molecular weight excluding hydrogens is 1980 g/mol. The van der Waals surface area contributed by atoms with Crippen LogP contribution in [0.1, 0.15) is 154 Å². The van der Waals surface area contributed by atoms with Crippen LogP contribution in [0.15, 0.2) is 218 Å². The summed E-state index contributed by atoms with van der Waals surface area (Å²) in [7, 11) is 15.7. The van der Waals surface area contributed by atoms with Gasteiger partial charge in [-0.25, -0.2) is 0 Å². The number of hydrogen-bond donors (Lipinski definition) is 9. The average Bonchev–Trinajstić information content (AvgIpc) is 1.69. The van der Waals surface area contributed by atoms with E-state index < -0.39 is 5.24 Å². The highest BCUT2D eigenvalue weighted by Crippen LogP contribution is 2.30. The fourth-order valence-corrected chi connectivity index (χ4v) is 16.2. The predicted molar refractivity (Wildman–Crippen MR) is 601 cm³/mol. The minimum atomic E-state index is -0.508. The van der Waals surface area contributed by atoms with Gasteiger partial charge in [-0.1, -0.05) is 208 Å². The highest BCUT2D eigenvalue weighted by Gasteiger charge is 2.35. The van der Waals surface area contributed by atoms with Gasteiger partial charge in [0.2, 0.25) is 28.9 Å². The summed E-state index contributed by atoms with van der Waals surface area (Å²) in [6.07, 6.45) is 13.1. The first-order valence-electron chi connectivity index (χ1n) is 51.0. The fraction of sp³-hybridized carbons (Fsp3) is 0.478. The number of nitrogens with one attached hydrogen (secondary N) is 6. The second-order valence-corrected chi connectivity index (χ2v) is 36.9. The van der Waals surface area contributed by atoms with E-state index in [0.29, 0.717) is 99.9 Å². The summed E-state index contributed by atoms with van der Waals surface area (Å²) in [5.41, 5.74) is 30.5. The van der Waals surface area contributed by atoms with E-state index in [9.17, 15) is 28.8 Å². The maximum Gasteiger partial charge on any atom is 0.238 e. The summed E-state index contributed by atoms with van der Waals surface area (Å²) in [5, 5.41) is 19.6. The van der Waals surface area contributed by atoms with Crippen molar-refractivity contribution in [2.75, 3.05) is 181 Å². The number of aryl methyl sites for hydroxylation is 4. The third kappa shape index (κ3) is 54.5. The normalized spacial score (nSPS) is 12.8. The van der Waals surface area contributed by atoms with Gasteiger partial charge in [-0.2, -0.15) is 0 Å². The lowest BCUT2D eigenvalue weighted by Gasteiger charge is -2.36. The van der Waals surface area contributed by atoms with E-state index in [0.717, 1.165) is 141 Å². The first-order valence-corrected chi connectivity index (χ1v) is 52.9. The van der Waals surface area contributed by atoms with E-state index in [-0.39, 0.29) is 106 Å². The van der Waals surface area contributed by atoms with Crippen molar-refractivity contribution in [1.29, 1.82) is 0 Å². The Morgan fingerprint density at radius 1 is 0.436 bits per heavy atom. The van der Waals surface area contributed by atoms with E-state index in [1.54, 1.807) is 57.6 Å². The van der Waals surface area contributed by atoms with Gasteiger partial charge in [-0.3, -0.25) is 33.7 Å². The van der Waals surface area contributed by atoms with Crippen LogP contribution in [0.5, 0.6) is 28.7 Å². The lowest BCUT2D eigenvalue weighted by Crippen LogP contribution is -2.48. The number of carbonyl (C=O) groups is 6. The summed E-state index contributed by atoms with van der Waals surface area (Å²) in [6, 6.07) is 71.2. The second kappa shape index (κ2) is 82.5. The molecule has 10 rings (SSSR count). The first-order chi connectivity index (χ1) is 72.4. The largest absolute Gasteiger partial charge is 0.467 e. The number of nitrogens with zero attached hydrogens (tertiary/aromatic N) is 5. The summed E-state index contributed by atoms with van der Waals surface area (Å²) in [6.45, 7) is 19.8. The Labute approximate surface area is 907 Å². The Hall–Kier alpha value is -10.2. The highest BCUT2D eigenvalue weighted by atomic mass is 35.5. The minimum absolute atomic E-state index is 0.0410. The third-order valence-electron chi connectivity index (χ3n) is 24.3. The summed E-state index contributed by atoms with van der Waals surface area (Å²) in [5.74, 6) is 2.56. The number of benzene rings is 9. The van der Waals surface area contributed by atoms with Crippen molar-refractivity contribution in [2.45, 2.75) is 181 Å². The molecule has 4 unspecified atom stereocenters. The van der Waals surface area contributed by atoms with Gasteiger partial charge in [-0.05, 0) is 226 Å². The Balaban J connectivity index is 0.000000403. The molecule has 0 saturated carbocycles. The number of aldehydes is 1. The maximum atomic E-state index is 14.5. The Kier molecular flexibility index (Phi) is 72.5. The molecule has 30 nitrogen and oxygen atoms in total. The van der Waals surface area contributed by atoms with E-state index >= 15 is 0 Å². The van der Waals surface area contributed by atoms with Crippen molar-refractivity contribution < 1.29 is 76.1 Å². The number of nitrogens with two attached hydrogens (primary N) is 3. The molecule has 9 aromatic rings. The van der Waals surface area contributed by atoms with Crippen LogP contribution in [0.3, 0.4) is 0 Å². The molecule has 1 aliphatic heterocycles. The van der Waals surface area contributed by atoms with E-state index in [4.69, 9.17) is 111 Å². The van der Waals surface area contributed by atoms with Gasteiger partial charge in [-0.15, -0.1) is 34.8 Å². The lowest BCUT2D eigenvalue weighted by molar-refractivity contribution is -0.136. The molecule has 0 bridgehead atoms. The number of unbranched alkanes of at least 4 members (excludes halogenated alkanes) is 4. The quantitative estimate of drug-likeness (QED) is 0.00562. The molecule has 0 aliphatic carbocycles. The van der Waals surface area contributed by atoms with Crippen LogP contribution in [0.4, 0.5) is 0 Å². The summed E-state index contributed by atoms with van der Waals surface area (Å²) >= 11 is 21.6. The Morgan fingerprint density at radius 3 is 1.25 bits per heavy atom. The topological polar surface area (TPSA) is 361 Å². The average molecular weight is 2140 g/mol. The number of methoxy groups -OCH3 is 5. The number of alkyl halides is 3. The fourth-order valence-electron chi connectivity index (χ4n) is 15.9. The van der Waals surface area contributed by atoms with E-state index in [1.807, 2.05) is 207 Å². The number of hydrogen-bond acceptors (Lipinski definition) is 26. The molecule has 149 heavy (non-hydrogen) atoms. The number of para-hydroxylation sites is 5. The molecule has 1 aliphatic rings. The summed E-state index contributed by atoms with van der Waals surface area (Å²) < 4.78 is 53.0. The van der Waals surface area contributed by atoms with E-state index in [2.05, 4.69) is 94.3 Å². The standard InChI is InChI=1S/C38H52N4O8.C27H37Cl2N3O2.C23H35N3.C9H13NO2.C9H10O3.C7H19N3.C2H2Cl2O/c1-39-20-12-11-16-33-24-41(22-31-14-6-9-18-35(31)49-28-46-3)37(43)25-40(21-30-13-5-8-17-34(30)48-27-45-2)26-38(44)42(33)23-32-15-7-10-19-36(32)50-29-47-4;1-21-10-4-6-12-23(21)18-31(26(33)16-28)20-25(14-8-9-15-30-3)32(27(34)17-29)19-24-13-7-5-11-22(24)2;1-19-10-4-6-12-21(19)16-25-18-23(14-8-9-15-24-3)26-17-22-13-7-5-11-20(22)2;2*1-11-7-12-9-5-3-2-4-8(9)6-10;1-10-5-3-2-4-7(9)6-8;3-1-2(4)5/h5-10,13-15,17-19,33,39H,11-12,16,20-29H2,1-4H3;4-7,10-13,25,30H,8-9,14-20H2,1-3H3;4-7,10-13,23-26H,8-9,14-18H2,1-3H3;2-5H,6-7,10H2,1H3;2-6H,7H2,1H3;7,10H,2-6,8-9H2,1H3;1H2. The molecule has 1 heterocycles. The first kappa shape index (κ1) is 131. The molecule has 4 amide bonds. The van der Waals surface area contributed by atoms with Crippen LogP contribution < -0.4 is 72.8 Å². The van der Waals surface area contributed by atoms with Crippen LogP contribution in [-0.2, 0) is 100 Å². The van der Waals surface area contributed by atoms with Gasteiger partial charge in [0, 0.05) is 161 Å². The van der Waals surface area contributed by atoms with Crippen molar-refractivity contribution in [3.63, 3.8) is 0 Å². The molecule has 0 aromatic heterocycles. The number of halogens is 4. The van der Waals surface area contributed by atoms with Crippen molar-refractivity contribution in [2.24, 2.45) is 17.2 Å². The second-order valence-electron chi connectivity index (χ2n) is 35.7. The predicted octanol–water partition coefficient (Wildman–Crippen LogP) is 16.4. The minimum Gasteiger partial charge on any atom is -0.467 e. The van der Waals surface area contributed by atoms with Crippen LogP contribution >= 0.6 is 46.4 Å². The SMILES string of the molecule is CNCCCCC(CN(Cc1ccccc1C)C(=O)CCl)N(Cc1ccccc1C)C(=O)CCl.CNCCCCC(CNCc1ccccc1C)NCc1ccccc1C.CNCCCCC(N)CN.CNCCCCC1CN(Cc2ccccc2OCOC)C(=O)CN(Cc2ccccc2OCOC)CC(=O)N1Cc1ccccc1OCOC.COCOc1ccccc1C=O.COCOc1ccccc1CN.O=C(Cl)CCl. The maximum absolute atomic E-state index is 14.5. The van der Waals surface area contributed by atoms with Crippen molar-refractivity contribution in [1.82, 2.24) is 56.4 Å². The van der Waals surface area contributed by atoms with Gasteiger partial charge < -0.3 is 116 Å². The smallest absolute Gasteiger partial charge is 0.238 e. The zero-order valence-corrected chi connectivity index (χ0v) is 93.1. The van der Waals surface area contributed by atoms with Gasteiger partial charge >= 0.3 is 0 Å². The van der Waals surface area contributed by atoms with Crippen molar-refractivity contribution in [3.05, 3.63) is 291 Å². The third-order valence-corrected chi connectivity index (χ3v) is 25.3. The monoisotopic (exact) mass is 2140 g/mol. The molecular formula is C115H168Cl4N14O16. The highest BCUT2D eigenvalue weighted by molar-refractivity contribution is 6.67. The van der Waals surface area contributed by atoms with Gasteiger partial charge in [0.15, 0.2) is 40.3 Å². The van der Waals surface area contributed by atoms with Gasteiger partial charge in [0.05, 0.1) is 24.5 Å². The molecule has 0 radical (unpaired) electrons. The lowest BCUT2D eigenvalue weighted by atomic mass is 10.0. The Bertz CT molecular complexity index is 5120. The molecule has 9 aromatic carbocycles. The molecule has 4 atom stereocenters. The molecule has 822 valence electrons. The van der Waals surface area contributed by atoms with Crippen LogP contribution in [0.25, 0.3) is 0 Å². The Morgan fingerprint density at radius 2 is 0.812 bits per heavy atom. The van der Waals surface area contributed by atoms with Gasteiger partial charge in [0.25, 0.3) is 0 Å². The molecule has 0 spiro atoms. The van der Waals surface area contributed by atoms with E-state index in [1.165, 1.54) is 61.5 Å².